The average Bonchev–Trinajstić information content (AvgIpc) is 3.40. The molecule has 0 aliphatic carbocycles. The van der Waals surface area contributed by atoms with Crippen molar-refractivity contribution in [2.24, 2.45) is 10.8 Å². The van der Waals surface area contributed by atoms with Crippen molar-refractivity contribution < 1.29 is 47.6 Å². The molecule has 4 aromatic rings. The molecule has 3 amide bonds. The summed E-state index contributed by atoms with van der Waals surface area (Å²) in [6.07, 6.45) is 7.51. The fourth-order valence-electron chi connectivity index (χ4n) is 9.59. The molecule has 14 nitrogen and oxygen atoms in total. The Balaban J connectivity index is 0.000000293. The summed E-state index contributed by atoms with van der Waals surface area (Å²) in [6.45, 7) is 31.4. The second-order valence-electron chi connectivity index (χ2n) is 22.5. The lowest BCUT2D eigenvalue weighted by Crippen LogP contribution is -2.56. The first-order valence-electron chi connectivity index (χ1n) is 27.6. The van der Waals surface area contributed by atoms with Crippen LogP contribution in [0, 0.1) is 52.4 Å². The van der Waals surface area contributed by atoms with Gasteiger partial charge in [0.15, 0.2) is 12.6 Å². The number of rotatable bonds is 19. The quantitative estimate of drug-likeness (QED) is 0.0465. The predicted octanol–water partition coefficient (Wildman–Crippen LogP) is 14.3. The van der Waals surface area contributed by atoms with E-state index < -0.39 is 5.24 Å². The Labute approximate surface area is 492 Å². The minimum atomic E-state index is -0.392. The first-order valence-corrected chi connectivity index (χ1v) is 29.6. The van der Waals surface area contributed by atoms with Gasteiger partial charge in [0.05, 0.1) is 28.2 Å². The number of hydrogen-bond donors (Lipinski definition) is 3. The maximum Gasteiger partial charge on any atom is 0.272 e. The molecule has 0 aromatic heterocycles. The number of ether oxygens (including phenoxy) is 6. The molecule has 3 N–H and O–H groups in total. The van der Waals surface area contributed by atoms with E-state index in [0.717, 1.165) is 94.9 Å². The van der Waals surface area contributed by atoms with Gasteiger partial charge in [-0.2, -0.15) is 0 Å². The van der Waals surface area contributed by atoms with Gasteiger partial charge in [0.25, 0.3) is 23.0 Å². The Bertz CT molecular complexity index is 2600. The fraction of sp³-hybridized carbons (Fsp3) is 0.548. The van der Waals surface area contributed by atoms with E-state index in [1.54, 1.807) is 30.3 Å². The second kappa shape index (κ2) is 32.3. The summed E-state index contributed by atoms with van der Waals surface area (Å²) in [5.41, 5.74) is 16.5. The lowest BCUT2D eigenvalue weighted by atomic mass is 9.84. The molecule has 79 heavy (non-hydrogen) atoms. The van der Waals surface area contributed by atoms with Gasteiger partial charge >= 0.3 is 0 Å². The second-order valence-corrected chi connectivity index (χ2v) is 24.5. The zero-order chi connectivity index (χ0) is 58.6. The van der Waals surface area contributed by atoms with E-state index in [9.17, 15) is 19.2 Å². The molecule has 0 saturated carbocycles. The van der Waals surface area contributed by atoms with Crippen LogP contribution >= 0.6 is 43.5 Å². The standard InChI is InChI=1S/C31H43BrN2O5.C22H35BrN2O4.C9H9ClO/c1-8-26(31(5,6)7)34(30(36)23-18-20(2)17-21(3)19-23)33-29(35)24-12-13-25(32)28(22(24)4)39-16-15-38-27-11-9-10-14-37-27;1-6-18(22(3,4)5)24-25-21(26)16-10-11-17(23)20(15(16)2)29-14-13-28-19-9-7-8-12-27-19;1-6-3-7(2)5-8(4-6)9(10)11/h12-13,17-19,26-27H,8-11,14-16H2,1-7H3,(H,33,35);10-11,18-19,24H,6-9,12-14H2,1-5H3,(H,25,26);3-5H,1-2H3/t26-,27?;18-,19?;/m11./s1. The summed E-state index contributed by atoms with van der Waals surface area (Å²) in [5, 5.41) is 1.12. The maximum atomic E-state index is 13.8. The molecular weight excluding hydrogens is 1160 g/mol. The van der Waals surface area contributed by atoms with Crippen LogP contribution < -0.4 is 25.8 Å². The van der Waals surface area contributed by atoms with Gasteiger partial charge in [-0.15, -0.1) is 0 Å². The van der Waals surface area contributed by atoms with Gasteiger partial charge in [-0.1, -0.05) is 89.8 Å². The lowest BCUT2D eigenvalue weighted by Gasteiger charge is -2.39. The fourth-order valence-corrected chi connectivity index (χ4v) is 10.8. The van der Waals surface area contributed by atoms with Crippen LogP contribution in [-0.4, -0.2) is 92.3 Å². The van der Waals surface area contributed by atoms with Crippen molar-refractivity contribution in [2.75, 3.05) is 39.6 Å². The van der Waals surface area contributed by atoms with Crippen LogP contribution in [0.5, 0.6) is 11.5 Å². The van der Waals surface area contributed by atoms with Crippen molar-refractivity contribution in [3.8, 4) is 11.5 Å². The molecule has 4 atom stereocenters. The van der Waals surface area contributed by atoms with Crippen molar-refractivity contribution in [1.29, 1.82) is 0 Å². The lowest BCUT2D eigenvalue weighted by molar-refractivity contribution is -0.165. The first-order chi connectivity index (χ1) is 37.2. The molecule has 2 aliphatic rings. The highest BCUT2D eigenvalue weighted by atomic mass is 79.9. The van der Waals surface area contributed by atoms with Crippen LogP contribution in [-0.2, 0) is 18.9 Å². The summed E-state index contributed by atoms with van der Waals surface area (Å²) in [7, 11) is 0. The molecule has 436 valence electrons. The molecular formula is C62H87Br2ClN4O10. The van der Waals surface area contributed by atoms with Gasteiger partial charge in [0, 0.05) is 52.6 Å². The Morgan fingerprint density at radius 3 is 1.44 bits per heavy atom. The zero-order valence-electron chi connectivity index (χ0n) is 49.1. The van der Waals surface area contributed by atoms with Crippen LogP contribution in [0.1, 0.15) is 182 Å². The van der Waals surface area contributed by atoms with E-state index in [-0.39, 0.29) is 53.2 Å². The Hall–Kier alpha value is -4.39. The topological polar surface area (TPSA) is 163 Å². The van der Waals surface area contributed by atoms with Crippen molar-refractivity contribution >= 4 is 66.4 Å². The summed E-state index contributed by atoms with van der Waals surface area (Å²) in [6, 6.07) is 18.4. The highest BCUT2D eigenvalue weighted by Crippen LogP contribution is 2.34. The molecule has 0 bridgehead atoms. The molecule has 2 unspecified atom stereocenters. The molecule has 2 aliphatic heterocycles. The predicted molar refractivity (Wildman–Crippen MR) is 321 cm³/mol. The smallest absolute Gasteiger partial charge is 0.272 e. The van der Waals surface area contributed by atoms with E-state index in [4.69, 9.17) is 40.0 Å². The third-order valence-electron chi connectivity index (χ3n) is 13.6. The van der Waals surface area contributed by atoms with Crippen molar-refractivity contribution in [1.82, 2.24) is 21.3 Å². The highest BCUT2D eigenvalue weighted by molar-refractivity contribution is 9.11. The number of carbonyl (C=O) groups excluding carboxylic acids is 4. The Morgan fingerprint density at radius 2 is 1.06 bits per heavy atom. The number of carbonyl (C=O) groups is 4. The largest absolute Gasteiger partial charge is 0.490 e. The van der Waals surface area contributed by atoms with Crippen LogP contribution in [0.15, 0.2) is 69.6 Å². The first kappa shape index (κ1) is 67.1. The minimum absolute atomic E-state index is 0.0487. The van der Waals surface area contributed by atoms with E-state index in [2.05, 4.69) is 96.6 Å². The summed E-state index contributed by atoms with van der Waals surface area (Å²) < 4.78 is 36.2. The van der Waals surface area contributed by atoms with Crippen LogP contribution in [0.25, 0.3) is 0 Å². The van der Waals surface area contributed by atoms with Crippen molar-refractivity contribution in [3.63, 3.8) is 0 Å². The molecule has 0 radical (unpaired) electrons. The van der Waals surface area contributed by atoms with Crippen LogP contribution in [0.3, 0.4) is 0 Å². The number of amides is 3. The Morgan fingerprint density at radius 1 is 0.620 bits per heavy atom. The van der Waals surface area contributed by atoms with Gasteiger partial charge in [-0.3, -0.25) is 30.0 Å². The summed E-state index contributed by atoms with van der Waals surface area (Å²) in [4.78, 5) is 50.9. The Kier molecular flexibility index (Phi) is 27.4. The zero-order valence-corrected chi connectivity index (χ0v) is 53.1. The van der Waals surface area contributed by atoms with Gasteiger partial charge < -0.3 is 28.4 Å². The average molecular weight is 1240 g/mol. The highest BCUT2D eigenvalue weighted by Gasteiger charge is 2.35. The number of hydrogen-bond acceptors (Lipinski definition) is 11. The van der Waals surface area contributed by atoms with Gasteiger partial charge in [0.1, 0.15) is 24.7 Å². The molecule has 2 fully saturated rings. The van der Waals surface area contributed by atoms with Gasteiger partial charge in [-0.25, -0.2) is 10.4 Å². The molecule has 2 saturated heterocycles. The van der Waals surface area contributed by atoms with E-state index in [1.807, 2.05) is 78.8 Å². The number of aryl methyl sites for hydroxylation is 4. The SMILES string of the molecule is CC[C@@H](N(NC(=O)c1ccc(Br)c(OCCOC2CCCCO2)c1C)C(=O)c1cc(C)cc(C)c1)C(C)(C)C.CC[C@@H](NNC(=O)c1ccc(Br)c(OCCOC2CCCCO2)c1C)C(C)(C)C.Cc1cc(C)cc(C(=O)Cl)c1. The van der Waals surface area contributed by atoms with E-state index >= 15 is 0 Å². The summed E-state index contributed by atoms with van der Waals surface area (Å²) >= 11 is 12.4. The normalized spacial score (nSPS) is 16.2. The van der Waals surface area contributed by atoms with E-state index in [1.165, 1.54) is 5.01 Å². The third kappa shape index (κ3) is 21.5. The number of nitrogens with zero attached hydrogens (tertiary/aromatic N) is 1. The third-order valence-corrected chi connectivity index (χ3v) is 15.1. The van der Waals surface area contributed by atoms with Crippen LogP contribution in [0.2, 0.25) is 0 Å². The molecule has 6 rings (SSSR count). The van der Waals surface area contributed by atoms with E-state index in [0.29, 0.717) is 72.2 Å². The number of benzene rings is 4. The summed E-state index contributed by atoms with van der Waals surface area (Å²) in [5.74, 6) is 0.469. The molecule has 0 spiro atoms. The number of nitrogens with one attached hydrogen (secondary N) is 3. The van der Waals surface area contributed by atoms with Gasteiger partial charge in [-0.05, 0) is 196 Å². The molecule has 2 heterocycles. The van der Waals surface area contributed by atoms with Crippen LogP contribution in [0.4, 0.5) is 0 Å². The van der Waals surface area contributed by atoms with Crippen molar-refractivity contribution in [3.05, 3.63) is 125 Å². The van der Waals surface area contributed by atoms with Crippen molar-refractivity contribution in [2.45, 2.75) is 173 Å². The molecule has 4 aromatic carbocycles. The molecule has 17 heteroatoms. The number of halogens is 3. The minimum Gasteiger partial charge on any atom is -0.490 e. The van der Waals surface area contributed by atoms with Gasteiger partial charge in [0.2, 0.25) is 0 Å². The number of hydrazine groups is 2. The maximum absolute atomic E-state index is 13.8. The monoisotopic (exact) mass is 1240 g/mol.